The van der Waals surface area contributed by atoms with Crippen molar-refractivity contribution < 1.29 is 18.0 Å². The smallest absolute Gasteiger partial charge is 0.306 e. The molecule has 1 atom stereocenters. The standard InChI is InChI=1S/C15H12ClF3N2O/c16-10-3-4-12-11(7-10)14(15(17,18)19,6-5-9-1-2-9)8-20-13(22)21-12/h3-9H,1-2H2,(H,21,22)/t14-/m0/s1. The molecule has 2 aliphatic rings. The Bertz CT molecular complexity index is 680. The first-order valence-electron chi connectivity index (χ1n) is 6.74. The number of anilines is 1. The van der Waals surface area contributed by atoms with Gasteiger partial charge in [-0.1, -0.05) is 23.8 Å². The number of benzene rings is 1. The lowest BCUT2D eigenvalue weighted by Gasteiger charge is -2.30. The number of allylic oxidation sites excluding steroid dienone is 2. The molecule has 1 fully saturated rings. The van der Waals surface area contributed by atoms with Crippen LogP contribution in [0.3, 0.4) is 0 Å². The third-order valence-corrected chi connectivity index (χ3v) is 4.01. The minimum Gasteiger partial charge on any atom is -0.306 e. The van der Waals surface area contributed by atoms with Crippen LogP contribution in [-0.4, -0.2) is 18.4 Å². The zero-order valence-electron chi connectivity index (χ0n) is 11.3. The van der Waals surface area contributed by atoms with Gasteiger partial charge in [-0.2, -0.15) is 13.2 Å². The molecule has 1 heterocycles. The van der Waals surface area contributed by atoms with E-state index in [0.717, 1.165) is 18.9 Å². The molecule has 22 heavy (non-hydrogen) atoms. The molecule has 1 saturated carbocycles. The van der Waals surface area contributed by atoms with Crippen molar-refractivity contribution in [2.45, 2.75) is 24.4 Å². The van der Waals surface area contributed by atoms with Gasteiger partial charge in [-0.05, 0) is 37.0 Å². The van der Waals surface area contributed by atoms with Crippen molar-refractivity contribution in [1.82, 2.24) is 0 Å². The van der Waals surface area contributed by atoms with Crippen molar-refractivity contribution in [3.63, 3.8) is 0 Å². The number of fused-ring (bicyclic) bond motifs is 1. The van der Waals surface area contributed by atoms with E-state index in [2.05, 4.69) is 10.3 Å². The Morgan fingerprint density at radius 3 is 2.73 bits per heavy atom. The van der Waals surface area contributed by atoms with E-state index in [0.29, 0.717) is 6.21 Å². The van der Waals surface area contributed by atoms with Crippen LogP contribution in [0.25, 0.3) is 0 Å². The van der Waals surface area contributed by atoms with Gasteiger partial charge in [0.1, 0.15) is 5.41 Å². The highest BCUT2D eigenvalue weighted by molar-refractivity contribution is 6.30. The third-order valence-electron chi connectivity index (χ3n) is 3.78. The van der Waals surface area contributed by atoms with E-state index >= 15 is 0 Å². The number of aliphatic imine (C=N–C) groups is 1. The van der Waals surface area contributed by atoms with E-state index in [1.165, 1.54) is 18.2 Å². The van der Waals surface area contributed by atoms with Crippen LogP contribution in [0.2, 0.25) is 5.02 Å². The summed E-state index contributed by atoms with van der Waals surface area (Å²) in [4.78, 5) is 15.0. The summed E-state index contributed by atoms with van der Waals surface area (Å²) in [6, 6.07) is 3.17. The van der Waals surface area contributed by atoms with Gasteiger partial charge in [-0.15, -0.1) is 0 Å². The highest BCUT2D eigenvalue weighted by Gasteiger charge is 2.55. The summed E-state index contributed by atoms with van der Waals surface area (Å²) in [5.41, 5.74) is -2.53. The molecule has 2 amide bonds. The molecule has 1 aliphatic carbocycles. The van der Waals surface area contributed by atoms with E-state index in [-0.39, 0.29) is 22.2 Å². The lowest BCUT2D eigenvalue weighted by molar-refractivity contribution is -0.155. The second-order valence-electron chi connectivity index (χ2n) is 5.44. The van der Waals surface area contributed by atoms with E-state index in [4.69, 9.17) is 11.6 Å². The SMILES string of the molecule is O=C1N=C[C@](C=CC2CC2)(C(F)(F)F)c2cc(Cl)ccc2N1. The van der Waals surface area contributed by atoms with Crippen LogP contribution in [-0.2, 0) is 5.41 Å². The van der Waals surface area contributed by atoms with E-state index < -0.39 is 17.6 Å². The van der Waals surface area contributed by atoms with Gasteiger partial charge in [0.25, 0.3) is 0 Å². The Morgan fingerprint density at radius 2 is 2.09 bits per heavy atom. The molecule has 116 valence electrons. The first-order chi connectivity index (χ1) is 10.3. The fourth-order valence-corrected chi connectivity index (χ4v) is 2.55. The predicted molar refractivity (Wildman–Crippen MR) is 78.6 cm³/mol. The lowest BCUT2D eigenvalue weighted by Crippen LogP contribution is -2.42. The quantitative estimate of drug-likeness (QED) is 0.784. The van der Waals surface area contributed by atoms with Gasteiger partial charge >= 0.3 is 12.2 Å². The molecule has 3 nitrogen and oxygen atoms in total. The number of amides is 2. The van der Waals surface area contributed by atoms with Gasteiger partial charge in [0, 0.05) is 22.5 Å². The summed E-state index contributed by atoms with van der Waals surface area (Å²) in [6.45, 7) is 0. The number of halogens is 4. The Labute approximate surface area is 129 Å². The molecule has 1 N–H and O–H groups in total. The summed E-state index contributed by atoms with van der Waals surface area (Å²) < 4.78 is 41.6. The Kier molecular flexibility index (Phi) is 3.51. The molecule has 0 bridgehead atoms. The van der Waals surface area contributed by atoms with Crippen LogP contribution >= 0.6 is 11.6 Å². The summed E-state index contributed by atoms with van der Waals surface area (Å²) in [7, 11) is 0. The molecule has 7 heteroatoms. The molecule has 0 radical (unpaired) electrons. The van der Waals surface area contributed by atoms with Crippen molar-refractivity contribution in [2.24, 2.45) is 10.9 Å². The fraction of sp³-hybridized carbons (Fsp3) is 0.333. The Morgan fingerprint density at radius 1 is 1.36 bits per heavy atom. The fourth-order valence-electron chi connectivity index (χ4n) is 2.37. The monoisotopic (exact) mass is 328 g/mol. The molecule has 1 aromatic rings. The molecular weight excluding hydrogens is 317 g/mol. The first-order valence-corrected chi connectivity index (χ1v) is 7.12. The maximum Gasteiger partial charge on any atom is 0.406 e. The van der Waals surface area contributed by atoms with E-state index in [1.54, 1.807) is 6.08 Å². The number of alkyl halides is 3. The first kappa shape index (κ1) is 15.1. The molecule has 1 aromatic carbocycles. The minimum atomic E-state index is -4.65. The highest BCUT2D eigenvalue weighted by atomic mass is 35.5. The number of nitrogens with zero attached hydrogens (tertiary/aromatic N) is 1. The number of carbonyl (C=O) groups is 1. The van der Waals surface area contributed by atoms with Crippen LogP contribution < -0.4 is 5.32 Å². The summed E-state index contributed by atoms with van der Waals surface area (Å²) in [6.07, 6.45) is 0.392. The lowest BCUT2D eigenvalue weighted by atomic mass is 9.79. The van der Waals surface area contributed by atoms with Gasteiger partial charge in [-0.25, -0.2) is 9.79 Å². The van der Waals surface area contributed by atoms with Crippen molar-refractivity contribution >= 4 is 29.5 Å². The number of rotatable bonds is 2. The molecule has 3 rings (SSSR count). The number of nitrogens with one attached hydrogen (secondary N) is 1. The maximum atomic E-state index is 13.9. The topological polar surface area (TPSA) is 41.5 Å². The minimum absolute atomic E-state index is 0.0599. The van der Waals surface area contributed by atoms with Crippen molar-refractivity contribution in [2.75, 3.05) is 5.32 Å². The summed E-state index contributed by atoms with van der Waals surface area (Å²) in [5, 5.41) is 2.51. The largest absolute Gasteiger partial charge is 0.406 e. The Balaban J connectivity index is 2.24. The van der Waals surface area contributed by atoms with Crippen LogP contribution in [0.5, 0.6) is 0 Å². The van der Waals surface area contributed by atoms with Crippen LogP contribution in [0.15, 0.2) is 35.3 Å². The zero-order valence-corrected chi connectivity index (χ0v) is 12.1. The number of urea groups is 1. The molecular formula is C15H12ClF3N2O. The maximum absolute atomic E-state index is 13.9. The number of carbonyl (C=O) groups excluding carboxylic acids is 1. The van der Waals surface area contributed by atoms with Gasteiger partial charge in [0.05, 0.1) is 0 Å². The molecule has 1 aliphatic heterocycles. The molecule has 0 unspecified atom stereocenters. The van der Waals surface area contributed by atoms with Crippen LogP contribution in [0.4, 0.5) is 23.7 Å². The predicted octanol–water partition coefficient (Wildman–Crippen LogP) is 4.72. The summed E-state index contributed by atoms with van der Waals surface area (Å²) in [5.74, 6) is 0.155. The van der Waals surface area contributed by atoms with Crippen molar-refractivity contribution in [3.05, 3.63) is 40.9 Å². The normalized spacial score (nSPS) is 25.0. The Hall–Kier alpha value is -1.82. The van der Waals surface area contributed by atoms with E-state index in [1.807, 2.05) is 0 Å². The second-order valence-corrected chi connectivity index (χ2v) is 5.88. The van der Waals surface area contributed by atoms with Gasteiger partial charge in [-0.3, -0.25) is 0 Å². The van der Waals surface area contributed by atoms with Crippen LogP contribution in [0.1, 0.15) is 18.4 Å². The number of hydrogen-bond acceptors (Lipinski definition) is 1. The van der Waals surface area contributed by atoms with Crippen LogP contribution in [0, 0.1) is 5.92 Å². The summed E-state index contributed by atoms with van der Waals surface area (Å²) >= 11 is 5.87. The average Bonchev–Trinajstić information content (AvgIpc) is 3.24. The van der Waals surface area contributed by atoms with Crippen molar-refractivity contribution in [1.29, 1.82) is 0 Å². The second kappa shape index (κ2) is 5.12. The van der Waals surface area contributed by atoms with E-state index in [9.17, 15) is 18.0 Å². The number of hydrogen-bond donors (Lipinski definition) is 1. The van der Waals surface area contributed by atoms with Gasteiger partial charge in [0.15, 0.2) is 0 Å². The van der Waals surface area contributed by atoms with Gasteiger partial charge < -0.3 is 5.32 Å². The molecule has 0 spiro atoms. The van der Waals surface area contributed by atoms with Crippen molar-refractivity contribution in [3.8, 4) is 0 Å². The highest BCUT2D eigenvalue weighted by Crippen LogP contribution is 2.46. The molecule has 0 aromatic heterocycles. The average molecular weight is 329 g/mol. The third kappa shape index (κ3) is 2.63. The van der Waals surface area contributed by atoms with Gasteiger partial charge in [0.2, 0.25) is 0 Å². The molecule has 0 saturated heterocycles. The zero-order chi connectivity index (χ0) is 16.0.